The van der Waals surface area contributed by atoms with E-state index in [9.17, 15) is 13.2 Å². The maximum atomic E-state index is 13.2. The number of nitrogens with one attached hydrogen (secondary N) is 1. The fourth-order valence-electron chi connectivity index (χ4n) is 3.80. The van der Waals surface area contributed by atoms with Crippen molar-refractivity contribution in [2.75, 3.05) is 22.8 Å². The number of nitrogens with zero attached hydrogens (tertiary/aromatic N) is 1. The Bertz CT molecular complexity index is 1290. The summed E-state index contributed by atoms with van der Waals surface area (Å²) in [5.41, 5.74) is 2.65. The number of anilines is 2. The maximum Gasteiger partial charge on any atom is 0.264 e. The van der Waals surface area contributed by atoms with Gasteiger partial charge >= 0.3 is 0 Å². The minimum absolute atomic E-state index is 0.183. The number of hydrogen-bond donors (Lipinski definition) is 1. The summed E-state index contributed by atoms with van der Waals surface area (Å²) >= 11 is 3.41. The molecule has 0 unspecified atom stereocenters. The van der Waals surface area contributed by atoms with Gasteiger partial charge in [0, 0.05) is 16.7 Å². The number of ether oxygens (including phenoxy) is 1. The van der Waals surface area contributed by atoms with Gasteiger partial charge in [-0.15, -0.1) is 0 Å². The molecular formula is C26H27BrN2O4S. The summed E-state index contributed by atoms with van der Waals surface area (Å²) in [6, 6.07) is 19.1. The summed E-state index contributed by atoms with van der Waals surface area (Å²) < 4.78 is 34.5. The molecule has 3 aromatic rings. The minimum atomic E-state index is -3.68. The summed E-state index contributed by atoms with van der Waals surface area (Å²) in [6.07, 6.45) is 1.58. The van der Waals surface area contributed by atoms with Crippen LogP contribution in [0.5, 0.6) is 5.75 Å². The molecule has 0 fully saturated rings. The summed E-state index contributed by atoms with van der Waals surface area (Å²) in [5, 5.41) is 2.84. The Morgan fingerprint density at radius 3 is 2.56 bits per heavy atom. The lowest BCUT2D eigenvalue weighted by molar-refractivity contribution is 0.102. The first-order valence-electron chi connectivity index (χ1n) is 11.2. The van der Waals surface area contributed by atoms with Crippen LogP contribution in [-0.4, -0.2) is 27.5 Å². The molecule has 1 heterocycles. The molecule has 178 valence electrons. The normalized spacial score (nSPS) is 13.1. The Hall–Kier alpha value is -2.84. The number of carbonyl (C=O) groups is 1. The number of carbonyl (C=O) groups excluding carboxylic acids is 1. The summed E-state index contributed by atoms with van der Waals surface area (Å²) in [6.45, 7) is 5.17. The Balaban J connectivity index is 1.49. The van der Waals surface area contributed by atoms with Crippen molar-refractivity contribution in [1.29, 1.82) is 0 Å². The molecule has 0 atom stereocenters. The van der Waals surface area contributed by atoms with Crippen LogP contribution in [0, 0.1) is 5.92 Å². The van der Waals surface area contributed by atoms with Crippen molar-refractivity contribution >= 4 is 43.2 Å². The molecule has 6 nitrogen and oxygen atoms in total. The SMILES string of the molecule is CC(C)CCOc1ccc(Br)cc1C(=O)Nc1ccc(S(=O)(=O)N2CCc3ccccc32)cc1. The van der Waals surface area contributed by atoms with Gasteiger partial charge in [0.05, 0.1) is 22.8 Å². The van der Waals surface area contributed by atoms with Gasteiger partial charge in [-0.2, -0.15) is 0 Å². The molecule has 0 spiro atoms. The topological polar surface area (TPSA) is 75.7 Å². The van der Waals surface area contributed by atoms with Crippen LogP contribution >= 0.6 is 15.9 Å². The number of amides is 1. The van der Waals surface area contributed by atoms with E-state index in [1.165, 1.54) is 16.4 Å². The summed E-state index contributed by atoms with van der Waals surface area (Å²) in [4.78, 5) is 13.2. The third-order valence-corrected chi connectivity index (χ3v) is 8.00. The van der Waals surface area contributed by atoms with Gasteiger partial charge in [0.2, 0.25) is 0 Å². The van der Waals surface area contributed by atoms with E-state index >= 15 is 0 Å². The standard InChI is InChI=1S/C26H27BrN2O4S/c1-18(2)14-16-33-25-12-7-20(27)17-23(25)26(30)28-21-8-10-22(11-9-21)34(31,32)29-15-13-19-5-3-4-6-24(19)29/h3-12,17-18H,13-16H2,1-2H3,(H,28,30). The first kappa shape index (κ1) is 24.3. The number of halogens is 1. The zero-order chi connectivity index (χ0) is 24.3. The molecule has 0 saturated heterocycles. The first-order valence-corrected chi connectivity index (χ1v) is 13.4. The van der Waals surface area contributed by atoms with Crippen molar-refractivity contribution in [3.8, 4) is 5.75 Å². The molecule has 0 aromatic heterocycles. The number of sulfonamides is 1. The number of rotatable bonds is 8. The highest BCUT2D eigenvalue weighted by Crippen LogP contribution is 2.33. The smallest absolute Gasteiger partial charge is 0.264 e. The summed E-state index contributed by atoms with van der Waals surface area (Å²) in [7, 11) is -3.68. The van der Waals surface area contributed by atoms with E-state index < -0.39 is 10.0 Å². The van der Waals surface area contributed by atoms with E-state index in [1.54, 1.807) is 24.3 Å². The maximum absolute atomic E-state index is 13.2. The molecular weight excluding hydrogens is 516 g/mol. The zero-order valence-electron chi connectivity index (χ0n) is 19.1. The zero-order valence-corrected chi connectivity index (χ0v) is 21.5. The van der Waals surface area contributed by atoms with Gasteiger partial charge in [-0.25, -0.2) is 8.42 Å². The van der Waals surface area contributed by atoms with Crippen LogP contribution in [0.4, 0.5) is 11.4 Å². The molecule has 1 aliphatic rings. The Labute approximate surface area is 209 Å². The second-order valence-corrected chi connectivity index (χ2v) is 11.4. The lowest BCUT2D eigenvalue weighted by Crippen LogP contribution is -2.29. The van der Waals surface area contributed by atoms with Gasteiger partial charge in [0.1, 0.15) is 5.75 Å². The lowest BCUT2D eigenvalue weighted by Gasteiger charge is -2.19. The van der Waals surface area contributed by atoms with E-state index in [4.69, 9.17) is 4.74 Å². The fourth-order valence-corrected chi connectivity index (χ4v) is 5.67. The van der Waals surface area contributed by atoms with Crippen LogP contribution in [0.2, 0.25) is 0 Å². The van der Waals surface area contributed by atoms with E-state index in [-0.39, 0.29) is 10.8 Å². The van der Waals surface area contributed by atoms with Crippen LogP contribution in [-0.2, 0) is 16.4 Å². The fraction of sp³-hybridized carbons (Fsp3) is 0.269. The van der Waals surface area contributed by atoms with Gasteiger partial charge in [-0.1, -0.05) is 48.0 Å². The quantitative estimate of drug-likeness (QED) is 0.385. The lowest BCUT2D eigenvalue weighted by atomic mass is 10.1. The van der Waals surface area contributed by atoms with Gasteiger partial charge in [-0.05, 0) is 72.9 Å². The van der Waals surface area contributed by atoms with Gasteiger partial charge in [0.25, 0.3) is 15.9 Å². The van der Waals surface area contributed by atoms with Crippen molar-refractivity contribution in [2.24, 2.45) is 5.92 Å². The number of para-hydroxylation sites is 1. The minimum Gasteiger partial charge on any atom is -0.493 e. The van der Waals surface area contributed by atoms with Crippen LogP contribution in [0.25, 0.3) is 0 Å². The van der Waals surface area contributed by atoms with Crippen molar-refractivity contribution < 1.29 is 17.9 Å². The average Bonchev–Trinajstić information content (AvgIpc) is 3.25. The monoisotopic (exact) mass is 542 g/mol. The second kappa shape index (κ2) is 10.2. The molecule has 0 saturated carbocycles. The van der Waals surface area contributed by atoms with Gasteiger partial charge in [-0.3, -0.25) is 9.10 Å². The molecule has 3 aromatic carbocycles. The number of hydrogen-bond acceptors (Lipinski definition) is 4. The summed E-state index contributed by atoms with van der Waals surface area (Å²) in [5.74, 6) is 0.676. The van der Waals surface area contributed by atoms with Crippen molar-refractivity contribution in [3.05, 3.63) is 82.3 Å². The highest BCUT2D eigenvalue weighted by atomic mass is 79.9. The van der Waals surface area contributed by atoms with Crippen molar-refractivity contribution in [3.63, 3.8) is 0 Å². The van der Waals surface area contributed by atoms with Crippen LogP contribution in [0.1, 0.15) is 36.2 Å². The van der Waals surface area contributed by atoms with E-state index in [1.807, 2.05) is 30.3 Å². The van der Waals surface area contributed by atoms with Crippen LogP contribution < -0.4 is 14.4 Å². The molecule has 34 heavy (non-hydrogen) atoms. The van der Waals surface area contributed by atoms with Gasteiger partial charge in [0.15, 0.2) is 0 Å². The predicted molar refractivity (Wildman–Crippen MR) is 138 cm³/mol. The van der Waals surface area contributed by atoms with E-state index in [2.05, 4.69) is 35.1 Å². The second-order valence-electron chi connectivity index (χ2n) is 8.61. The Morgan fingerprint density at radius 1 is 1.09 bits per heavy atom. The molecule has 1 aliphatic heterocycles. The average molecular weight is 543 g/mol. The van der Waals surface area contributed by atoms with E-state index in [0.717, 1.165) is 22.1 Å². The van der Waals surface area contributed by atoms with E-state index in [0.29, 0.717) is 42.5 Å². The molecule has 0 radical (unpaired) electrons. The third-order valence-electron chi connectivity index (χ3n) is 5.68. The van der Waals surface area contributed by atoms with Crippen LogP contribution in [0.3, 0.4) is 0 Å². The largest absolute Gasteiger partial charge is 0.493 e. The molecule has 8 heteroatoms. The molecule has 4 rings (SSSR count). The van der Waals surface area contributed by atoms with Crippen LogP contribution in [0.15, 0.2) is 76.1 Å². The third kappa shape index (κ3) is 5.28. The van der Waals surface area contributed by atoms with Crippen molar-refractivity contribution in [1.82, 2.24) is 0 Å². The number of benzene rings is 3. The highest BCUT2D eigenvalue weighted by Gasteiger charge is 2.30. The molecule has 0 aliphatic carbocycles. The van der Waals surface area contributed by atoms with Crippen molar-refractivity contribution in [2.45, 2.75) is 31.6 Å². The van der Waals surface area contributed by atoms with Gasteiger partial charge < -0.3 is 10.1 Å². The Kier molecular flexibility index (Phi) is 7.28. The molecule has 1 N–H and O–H groups in total. The molecule has 1 amide bonds. The first-order chi connectivity index (χ1) is 16.3. The Morgan fingerprint density at radius 2 is 1.82 bits per heavy atom. The number of fused-ring (bicyclic) bond motifs is 1. The highest BCUT2D eigenvalue weighted by molar-refractivity contribution is 9.10. The molecule has 0 bridgehead atoms. The predicted octanol–water partition coefficient (Wildman–Crippen LogP) is 5.88.